The van der Waals surface area contributed by atoms with Crippen molar-refractivity contribution in [2.24, 2.45) is 0 Å². The minimum Gasteiger partial charge on any atom is -0.481 e. The number of aliphatic carboxylic acids is 1. The summed E-state index contributed by atoms with van der Waals surface area (Å²) in [5.41, 5.74) is 2.35. The number of unbranched alkanes of at least 4 members (excludes halogenated alkanes) is 2. The van der Waals surface area contributed by atoms with Crippen molar-refractivity contribution in [3.63, 3.8) is 0 Å². The van der Waals surface area contributed by atoms with E-state index in [1.54, 1.807) is 6.20 Å². The highest BCUT2D eigenvalue weighted by molar-refractivity contribution is 5.66. The van der Waals surface area contributed by atoms with Gasteiger partial charge in [-0.3, -0.25) is 4.79 Å². The van der Waals surface area contributed by atoms with Crippen LogP contribution in [0.15, 0.2) is 30.6 Å². The predicted octanol–water partition coefficient (Wildman–Crippen LogP) is 4.99. The lowest BCUT2D eigenvalue weighted by molar-refractivity contribution is -0.137. The van der Waals surface area contributed by atoms with Crippen LogP contribution in [0.2, 0.25) is 0 Å². The Labute approximate surface area is 173 Å². The van der Waals surface area contributed by atoms with E-state index in [4.69, 9.17) is 5.11 Å². The molecule has 3 N–H and O–H groups in total. The summed E-state index contributed by atoms with van der Waals surface area (Å²) in [6, 6.07) is 3.83. The van der Waals surface area contributed by atoms with Crippen LogP contribution in [0.1, 0.15) is 89.5 Å². The fraction of sp³-hybridized carbons (Fsp3) is 0.565. The first-order valence-corrected chi connectivity index (χ1v) is 10.7. The molecule has 2 heterocycles. The molecule has 29 heavy (non-hydrogen) atoms. The average molecular weight is 405 g/mol. The van der Waals surface area contributed by atoms with Crippen LogP contribution in [0.4, 0.5) is 0 Å². The number of nitrogens with zero attached hydrogens (tertiary/aromatic N) is 2. The molecule has 0 saturated heterocycles. The topological polar surface area (TPSA) is 95.1 Å². The van der Waals surface area contributed by atoms with E-state index in [9.17, 15) is 15.0 Å². The van der Waals surface area contributed by atoms with Gasteiger partial charge in [-0.25, -0.2) is 4.98 Å². The molecule has 0 spiro atoms. The van der Waals surface area contributed by atoms with E-state index in [-0.39, 0.29) is 12.5 Å². The van der Waals surface area contributed by atoms with Crippen LogP contribution in [0, 0.1) is 0 Å². The summed E-state index contributed by atoms with van der Waals surface area (Å²) in [7, 11) is 0. The van der Waals surface area contributed by atoms with Crippen LogP contribution in [0.25, 0.3) is 11.7 Å². The molecule has 0 aromatic carbocycles. The summed E-state index contributed by atoms with van der Waals surface area (Å²) in [6.45, 7) is 6.15. The number of rotatable bonds is 12. The Bertz CT molecular complexity index is 754. The molecule has 0 saturated carbocycles. The standard InChI is InChI=1S/C21H30N2O4.C2H6/c1-2-3-4-8-17(24)9-5-7-16-12-13-20-22-14-18(23(20)15-16)19(25)10-6-11-21(26)27;1-2/h5,7,12-15,17,19,24-25H,2-4,6,8-11H2,1H3,(H,26,27);1-2H3/b7-5+;. The van der Waals surface area contributed by atoms with Gasteiger partial charge in [0.2, 0.25) is 0 Å². The Morgan fingerprint density at radius 2 is 1.93 bits per heavy atom. The molecule has 2 aromatic heterocycles. The van der Waals surface area contributed by atoms with E-state index >= 15 is 0 Å². The summed E-state index contributed by atoms with van der Waals surface area (Å²) in [4.78, 5) is 14.9. The largest absolute Gasteiger partial charge is 0.481 e. The van der Waals surface area contributed by atoms with Gasteiger partial charge in [-0.2, -0.15) is 0 Å². The minimum atomic E-state index is -0.857. The molecule has 0 fully saturated rings. The number of carboxylic acids is 1. The Hall–Kier alpha value is -2.18. The van der Waals surface area contributed by atoms with Crippen molar-refractivity contribution >= 4 is 17.7 Å². The Morgan fingerprint density at radius 1 is 1.17 bits per heavy atom. The lowest BCUT2D eigenvalue weighted by Crippen LogP contribution is -2.04. The number of carbonyl (C=O) groups is 1. The van der Waals surface area contributed by atoms with E-state index in [1.165, 1.54) is 0 Å². The number of imidazole rings is 1. The molecular weight excluding hydrogens is 368 g/mol. The van der Waals surface area contributed by atoms with Gasteiger partial charge >= 0.3 is 5.97 Å². The first-order chi connectivity index (χ1) is 14.0. The smallest absolute Gasteiger partial charge is 0.303 e. The van der Waals surface area contributed by atoms with Crippen LogP contribution >= 0.6 is 0 Å². The summed E-state index contributed by atoms with van der Waals surface area (Å²) in [5.74, 6) is -0.857. The first-order valence-electron chi connectivity index (χ1n) is 10.7. The number of aliphatic hydroxyl groups is 2. The summed E-state index contributed by atoms with van der Waals surface area (Å²) >= 11 is 0. The second-order valence-corrected chi connectivity index (χ2v) is 6.96. The van der Waals surface area contributed by atoms with Gasteiger partial charge in [0.25, 0.3) is 0 Å². The van der Waals surface area contributed by atoms with Gasteiger partial charge in [0.1, 0.15) is 5.65 Å². The zero-order chi connectivity index (χ0) is 21.6. The van der Waals surface area contributed by atoms with Gasteiger partial charge < -0.3 is 19.7 Å². The molecule has 0 aliphatic carbocycles. The molecule has 2 atom stereocenters. The normalized spacial score (nSPS) is 13.3. The van der Waals surface area contributed by atoms with Gasteiger partial charge in [0.15, 0.2) is 0 Å². The number of pyridine rings is 1. The summed E-state index contributed by atoms with van der Waals surface area (Å²) in [5, 5.41) is 29.1. The maximum Gasteiger partial charge on any atom is 0.303 e. The Morgan fingerprint density at radius 3 is 2.62 bits per heavy atom. The van der Waals surface area contributed by atoms with Crippen LogP contribution < -0.4 is 0 Å². The molecule has 0 aliphatic heterocycles. The molecule has 0 aliphatic rings. The lowest BCUT2D eigenvalue weighted by Gasteiger charge is -2.10. The average Bonchev–Trinajstić information content (AvgIpc) is 3.13. The molecule has 6 heteroatoms. The van der Waals surface area contributed by atoms with Crippen molar-refractivity contribution in [1.29, 1.82) is 0 Å². The van der Waals surface area contributed by atoms with Crippen molar-refractivity contribution in [3.05, 3.63) is 41.9 Å². The van der Waals surface area contributed by atoms with Crippen molar-refractivity contribution < 1.29 is 20.1 Å². The number of hydrogen-bond donors (Lipinski definition) is 3. The fourth-order valence-electron chi connectivity index (χ4n) is 3.06. The molecule has 2 unspecified atom stereocenters. The summed E-state index contributed by atoms with van der Waals surface area (Å²) in [6.07, 6.45) is 12.0. The van der Waals surface area contributed by atoms with Crippen molar-refractivity contribution in [2.45, 2.75) is 84.3 Å². The highest BCUT2D eigenvalue weighted by atomic mass is 16.4. The number of aliphatic hydroxyl groups excluding tert-OH is 2. The number of aromatic nitrogens is 2. The fourth-order valence-corrected chi connectivity index (χ4v) is 3.06. The van der Waals surface area contributed by atoms with Crippen LogP contribution in [-0.2, 0) is 4.79 Å². The lowest BCUT2D eigenvalue weighted by atomic mass is 10.1. The minimum absolute atomic E-state index is 0.0440. The second kappa shape index (κ2) is 13.9. The molecule has 162 valence electrons. The zero-order valence-electron chi connectivity index (χ0n) is 17.9. The van der Waals surface area contributed by atoms with E-state index in [1.807, 2.05) is 48.7 Å². The molecule has 0 amide bonds. The Balaban J connectivity index is 0.00000204. The van der Waals surface area contributed by atoms with Crippen molar-refractivity contribution in [2.75, 3.05) is 0 Å². The van der Waals surface area contributed by atoms with E-state index < -0.39 is 12.1 Å². The van der Waals surface area contributed by atoms with Gasteiger partial charge in [0.05, 0.1) is 24.1 Å². The van der Waals surface area contributed by atoms with Crippen molar-refractivity contribution in [3.8, 4) is 0 Å². The molecule has 2 rings (SSSR count). The molecule has 6 nitrogen and oxygen atoms in total. The third-order valence-corrected chi connectivity index (χ3v) is 4.63. The molecular formula is C23H36N2O4. The second-order valence-electron chi connectivity index (χ2n) is 6.96. The number of fused-ring (bicyclic) bond motifs is 1. The third kappa shape index (κ3) is 8.79. The quantitative estimate of drug-likeness (QED) is 0.433. The third-order valence-electron chi connectivity index (χ3n) is 4.63. The van der Waals surface area contributed by atoms with Crippen LogP contribution in [-0.4, -0.2) is 36.8 Å². The SMILES string of the molecule is CC.CCCCCC(O)C/C=C/c1ccc2ncc(C(O)CCCC(=O)O)n2c1. The van der Waals surface area contributed by atoms with E-state index in [0.29, 0.717) is 25.0 Å². The van der Waals surface area contributed by atoms with Gasteiger partial charge in [-0.15, -0.1) is 0 Å². The zero-order valence-corrected chi connectivity index (χ0v) is 17.9. The Kier molecular flexibility index (Phi) is 11.9. The van der Waals surface area contributed by atoms with Gasteiger partial charge in [-0.05, 0) is 43.4 Å². The van der Waals surface area contributed by atoms with Crippen LogP contribution in [0.3, 0.4) is 0 Å². The maximum atomic E-state index is 10.6. The summed E-state index contributed by atoms with van der Waals surface area (Å²) < 4.78 is 1.84. The highest BCUT2D eigenvalue weighted by Crippen LogP contribution is 2.21. The van der Waals surface area contributed by atoms with E-state index in [0.717, 1.165) is 36.9 Å². The predicted molar refractivity (Wildman–Crippen MR) is 117 cm³/mol. The molecule has 2 aromatic rings. The first kappa shape index (κ1) is 24.9. The van der Waals surface area contributed by atoms with Gasteiger partial charge in [-0.1, -0.05) is 52.2 Å². The maximum absolute atomic E-state index is 10.6. The molecule has 0 bridgehead atoms. The number of hydrogen-bond acceptors (Lipinski definition) is 4. The number of carboxylic acid groups (broad SMARTS) is 1. The van der Waals surface area contributed by atoms with Crippen molar-refractivity contribution in [1.82, 2.24) is 9.38 Å². The van der Waals surface area contributed by atoms with E-state index in [2.05, 4.69) is 11.9 Å². The molecule has 0 radical (unpaired) electrons. The van der Waals surface area contributed by atoms with Crippen LogP contribution in [0.5, 0.6) is 0 Å². The van der Waals surface area contributed by atoms with Gasteiger partial charge in [0, 0.05) is 12.6 Å². The monoisotopic (exact) mass is 404 g/mol. The highest BCUT2D eigenvalue weighted by Gasteiger charge is 2.14.